The molecule has 0 aromatic carbocycles. The van der Waals surface area contributed by atoms with Gasteiger partial charge < -0.3 is 0 Å². The topological polar surface area (TPSA) is 40.5 Å². The molecule has 2 unspecified atom stereocenters. The first-order valence-corrected chi connectivity index (χ1v) is 9.51. The molecule has 1 fully saturated rings. The number of hydrogen-bond acceptors (Lipinski definition) is 2. The number of alkyl halides is 14. The molecule has 0 aromatic heterocycles. The molecular weight excluding hydrogens is 519 g/mol. The van der Waals surface area contributed by atoms with E-state index in [1.165, 1.54) is 0 Å². The van der Waals surface area contributed by atoms with Gasteiger partial charge in [-0.3, -0.25) is 0 Å². The van der Waals surface area contributed by atoms with Crippen LogP contribution >= 0.6 is 0 Å². The Morgan fingerprint density at radius 2 is 0.769 bits per heavy atom. The third kappa shape index (κ3) is 3.71. The van der Waals surface area contributed by atoms with E-state index < -0.39 is 84.2 Å². The number of halogens is 13. The number of hydrogen-bond donors (Lipinski definition) is 2. The van der Waals surface area contributed by atoms with Gasteiger partial charge >= 0.3 is 147 Å². The van der Waals surface area contributed by atoms with E-state index in [9.17, 15) is 62.9 Å². The van der Waals surface area contributed by atoms with Gasteiger partial charge in [0.2, 0.25) is 0 Å². The number of rotatable bonds is 2. The molecule has 1 saturated heterocycles. The van der Waals surface area contributed by atoms with Crippen molar-refractivity contribution >= 4 is 0 Å². The number of aliphatic hydroxyl groups is 2. The van der Waals surface area contributed by atoms with Crippen LogP contribution in [0.2, 0.25) is 0 Å². The Kier molecular flexibility index (Phi) is 6.15. The van der Waals surface area contributed by atoms with Crippen LogP contribution < -0.4 is 21.2 Å². The molecule has 2 atom stereocenters. The van der Waals surface area contributed by atoms with Crippen molar-refractivity contribution in [1.82, 2.24) is 0 Å². The molecule has 0 spiro atoms. The summed E-state index contributed by atoms with van der Waals surface area (Å²) in [6.07, 6.45) is -27.5. The van der Waals surface area contributed by atoms with E-state index in [-0.39, 0.29) is 0 Å². The summed E-state index contributed by atoms with van der Waals surface area (Å²) in [6, 6.07) is 0. The molecule has 1 aliphatic rings. The Bertz CT molecular complexity index is 433. The van der Waals surface area contributed by atoms with E-state index in [4.69, 9.17) is 0 Å². The second-order valence-corrected chi connectivity index (χ2v) is 8.49. The van der Waals surface area contributed by atoms with Crippen molar-refractivity contribution < 1.29 is 84.1 Å². The molecule has 0 aromatic rings. The predicted molar refractivity (Wildman–Crippen MR) is 55.5 cm³/mol. The summed E-state index contributed by atoms with van der Waals surface area (Å²) in [5, 5.41) is 18.4. The van der Waals surface area contributed by atoms with Crippen molar-refractivity contribution in [1.29, 1.82) is 0 Å². The van der Waals surface area contributed by atoms with Gasteiger partial charge in [0.1, 0.15) is 0 Å². The summed E-state index contributed by atoms with van der Waals surface area (Å²) in [6.45, 7) is 0. The quantitative estimate of drug-likeness (QED) is 0.310. The molecular formula is C11H10F12IO2-. The molecule has 0 amide bonds. The fraction of sp³-hybridized carbons (Fsp3) is 1.00. The molecule has 0 radical (unpaired) electrons. The SMILES string of the molecule is OC(C1C[I-]CC(C(O)(C(F)(F)F)C(F)(F)F)C1)(C(F)(F)F)C(F)(F)F. The van der Waals surface area contributed by atoms with Crippen LogP contribution in [0.25, 0.3) is 0 Å². The Morgan fingerprint density at radius 1 is 0.538 bits per heavy atom. The Morgan fingerprint density at radius 3 is 0.962 bits per heavy atom. The Labute approximate surface area is 147 Å². The first-order chi connectivity index (χ1) is 11.2. The minimum atomic E-state index is -6.38. The molecule has 15 heteroatoms. The van der Waals surface area contributed by atoms with E-state index in [0.717, 1.165) is 0 Å². The van der Waals surface area contributed by atoms with Gasteiger partial charge in [-0.15, -0.1) is 0 Å². The van der Waals surface area contributed by atoms with Crippen LogP contribution in [0.4, 0.5) is 52.7 Å². The van der Waals surface area contributed by atoms with Crippen LogP contribution in [0.3, 0.4) is 0 Å². The molecule has 1 aliphatic heterocycles. The van der Waals surface area contributed by atoms with Gasteiger partial charge in [-0.05, 0) is 0 Å². The molecule has 0 saturated carbocycles. The summed E-state index contributed by atoms with van der Waals surface area (Å²) in [7, 11) is 0. The molecule has 0 bridgehead atoms. The summed E-state index contributed by atoms with van der Waals surface area (Å²) < 4.78 is 152. The van der Waals surface area contributed by atoms with Gasteiger partial charge in [0.15, 0.2) is 0 Å². The first-order valence-electron chi connectivity index (χ1n) is 6.46. The van der Waals surface area contributed by atoms with Crippen molar-refractivity contribution in [3.63, 3.8) is 0 Å². The zero-order valence-electron chi connectivity index (χ0n) is 12.1. The zero-order chi connectivity index (χ0) is 21.0. The van der Waals surface area contributed by atoms with E-state index in [2.05, 4.69) is 0 Å². The van der Waals surface area contributed by atoms with E-state index >= 15 is 0 Å². The fourth-order valence-corrected chi connectivity index (χ4v) is 6.46. The molecule has 1 rings (SSSR count). The molecule has 0 aliphatic carbocycles. The third-order valence-corrected chi connectivity index (χ3v) is 7.44. The summed E-state index contributed by atoms with van der Waals surface area (Å²) >= 11 is -2.01. The van der Waals surface area contributed by atoms with Gasteiger partial charge in [-0.2, -0.15) is 0 Å². The molecule has 26 heavy (non-hydrogen) atoms. The minimum absolute atomic E-state index is 1.02. The monoisotopic (exact) mass is 529 g/mol. The Hall–Kier alpha value is -0.190. The third-order valence-electron chi connectivity index (χ3n) is 4.07. The summed E-state index contributed by atoms with van der Waals surface area (Å²) in [4.78, 5) is 0. The van der Waals surface area contributed by atoms with Crippen LogP contribution in [0.5, 0.6) is 0 Å². The Balaban J connectivity index is 3.39. The van der Waals surface area contributed by atoms with Crippen molar-refractivity contribution in [2.75, 3.05) is 8.86 Å². The van der Waals surface area contributed by atoms with Crippen LogP contribution in [0.15, 0.2) is 0 Å². The maximum absolute atomic E-state index is 12.8. The van der Waals surface area contributed by atoms with E-state index in [1.54, 1.807) is 0 Å². The fourth-order valence-electron chi connectivity index (χ4n) is 2.61. The van der Waals surface area contributed by atoms with Gasteiger partial charge in [-0.1, -0.05) is 0 Å². The van der Waals surface area contributed by atoms with E-state index in [0.29, 0.717) is 0 Å². The van der Waals surface area contributed by atoms with Crippen LogP contribution in [-0.4, -0.2) is 55.0 Å². The maximum atomic E-state index is 12.8. The van der Waals surface area contributed by atoms with Gasteiger partial charge in [0.25, 0.3) is 0 Å². The molecule has 2 nitrogen and oxygen atoms in total. The average Bonchev–Trinajstić information content (AvgIpc) is 2.40. The zero-order valence-corrected chi connectivity index (χ0v) is 14.2. The van der Waals surface area contributed by atoms with Gasteiger partial charge in [-0.25, -0.2) is 0 Å². The van der Waals surface area contributed by atoms with E-state index in [1.807, 2.05) is 0 Å². The van der Waals surface area contributed by atoms with Gasteiger partial charge in [0.05, 0.1) is 0 Å². The normalized spacial score (nSPS) is 25.0. The van der Waals surface area contributed by atoms with Crippen molar-refractivity contribution in [3.8, 4) is 0 Å². The van der Waals surface area contributed by atoms with Crippen molar-refractivity contribution in [2.24, 2.45) is 11.8 Å². The summed E-state index contributed by atoms with van der Waals surface area (Å²) in [5.74, 6) is -5.99. The second-order valence-electron chi connectivity index (χ2n) is 5.65. The van der Waals surface area contributed by atoms with Crippen molar-refractivity contribution in [2.45, 2.75) is 42.3 Å². The predicted octanol–water partition coefficient (Wildman–Crippen LogP) is 0.423. The molecule has 1 heterocycles. The van der Waals surface area contributed by atoms with Gasteiger partial charge in [0, 0.05) is 0 Å². The molecule has 2 N–H and O–H groups in total. The van der Waals surface area contributed by atoms with Crippen LogP contribution in [0.1, 0.15) is 6.42 Å². The average molecular weight is 529 g/mol. The molecule has 158 valence electrons. The second kappa shape index (κ2) is 6.70. The standard InChI is InChI=1S/C11H10F12IO2/c12-8(13,14)6(25,9(15,16)17)4-1-5(3-24-2-4)7(26,10(18,19)20)11(21,22)23/h4-5,25-26H,1-3H2/q-1. The van der Waals surface area contributed by atoms with Crippen molar-refractivity contribution in [3.05, 3.63) is 0 Å². The van der Waals surface area contributed by atoms with Crippen LogP contribution in [-0.2, 0) is 0 Å². The summed E-state index contributed by atoms with van der Waals surface area (Å²) in [5.41, 5.74) is -11.0. The first kappa shape index (κ1) is 23.8. The van der Waals surface area contributed by atoms with Crippen LogP contribution in [0, 0.1) is 11.8 Å².